The van der Waals surface area contributed by atoms with Gasteiger partial charge in [0.2, 0.25) is 0 Å². The average Bonchev–Trinajstić information content (AvgIpc) is 2.89. The van der Waals surface area contributed by atoms with E-state index >= 15 is 0 Å². The molecule has 0 spiro atoms. The van der Waals surface area contributed by atoms with Gasteiger partial charge in [-0.05, 0) is 60.3 Å². The van der Waals surface area contributed by atoms with Gasteiger partial charge in [-0.2, -0.15) is 0 Å². The molecule has 1 aromatic carbocycles. The summed E-state index contributed by atoms with van der Waals surface area (Å²) in [5, 5.41) is 9.58. The van der Waals surface area contributed by atoms with Crippen LogP contribution in [-0.4, -0.2) is 49.6 Å². The van der Waals surface area contributed by atoms with Crippen molar-refractivity contribution < 1.29 is 9.53 Å². The summed E-state index contributed by atoms with van der Waals surface area (Å²) in [6, 6.07) is 13.7. The van der Waals surface area contributed by atoms with Crippen molar-refractivity contribution >= 4 is 35.4 Å². The number of rotatable bonds is 6. The van der Waals surface area contributed by atoms with E-state index < -0.39 is 6.04 Å². The zero-order valence-electron chi connectivity index (χ0n) is 18.4. The van der Waals surface area contributed by atoms with Gasteiger partial charge in [0.05, 0.1) is 18.9 Å². The molecule has 8 nitrogen and oxygen atoms in total. The van der Waals surface area contributed by atoms with Gasteiger partial charge in [-0.25, -0.2) is 9.97 Å². The fraction of sp³-hybridized carbons (Fsp3) is 0.240. The molecule has 1 fully saturated rings. The first kappa shape index (κ1) is 21.0. The van der Waals surface area contributed by atoms with Crippen LogP contribution in [0.15, 0.2) is 54.9 Å². The second kappa shape index (κ2) is 9.30. The second-order valence-corrected chi connectivity index (χ2v) is 7.93. The van der Waals surface area contributed by atoms with Crippen molar-refractivity contribution in [2.45, 2.75) is 6.04 Å². The smallest absolute Gasteiger partial charge is 0.146 e. The molecule has 4 heterocycles. The average molecular weight is 443 g/mol. The van der Waals surface area contributed by atoms with Crippen molar-refractivity contribution in [2.24, 2.45) is 0 Å². The third kappa shape index (κ3) is 4.38. The molecule has 1 saturated heterocycles. The molecule has 8 heteroatoms. The summed E-state index contributed by atoms with van der Waals surface area (Å²) >= 11 is 0. The monoisotopic (exact) mass is 442 g/mol. The van der Waals surface area contributed by atoms with Gasteiger partial charge >= 0.3 is 0 Å². The number of aromatic nitrogens is 2. The van der Waals surface area contributed by atoms with Crippen molar-refractivity contribution in [3.05, 3.63) is 66.0 Å². The van der Waals surface area contributed by atoms with Crippen molar-refractivity contribution in [3.63, 3.8) is 0 Å². The van der Waals surface area contributed by atoms with E-state index in [9.17, 15) is 4.79 Å². The first-order valence-electron chi connectivity index (χ1n) is 11.0. The first-order valence-corrected chi connectivity index (χ1v) is 11.0. The normalized spacial score (nSPS) is 17.1. The van der Waals surface area contributed by atoms with E-state index in [0.717, 1.165) is 66.5 Å². The van der Waals surface area contributed by atoms with Crippen LogP contribution in [-0.2, 0) is 9.53 Å². The Morgan fingerprint density at radius 3 is 2.67 bits per heavy atom. The summed E-state index contributed by atoms with van der Waals surface area (Å²) in [6.45, 7) is 3.29. The van der Waals surface area contributed by atoms with E-state index in [1.807, 2.05) is 43.5 Å². The quantitative estimate of drug-likeness (QED) is 0.499. The molecule has 0 aliphatic carbocycles. The Balaban J connectivity index is 1.49. The summed E-state index contributed by atoms with van der Waals surface area (Å²) in [4.78, 5) is 23.4. The predicted molar refractivity (Wildman–Crippen MR) is 131 cm³/mol. The first-order chi connectivity index (χ1) is 16.2. The number of fused-ring (bicyclic) bond motifs is 1. The lowest BCUT2D eigenvalue weighted by Crippen LogP contribution is -2.36. The van der Waals surface area contributed by atoms with Crippen molar-refractivity contribution in [1.29, 1.82) is 0 Å². The van der Waals surface area contributed by atoms with E-state index in [4.69, 9.17) is 9.72 Å². The van der Waals surface area contributed by atoms with E-state index in [1.54, 1.807) is 12.4 Å². The van der Waals surface area contributed by atoms with E-state index in [1.165, 1.54) is 5.69 Å². The van der Waals surface area contributed by atoms with Crippen LogP contribution >= 0.6 is 0 Å². The Morgan fingerprint density at radius 2 is 1.97 bits per heavy atom. The number of morpholine rings is 1. The maximum absolute atomic E-state index is 11.8. The van der Waals surface area contributed by atoms with Crippen molar-refractivity contribution in [3.8, 4) is 11.3 Å². The standard InChI is InChI=1S/C25H26N6O2/c1-26-23-7-2-18(15-28-23)21-14-17-8-9-27-22(16-32)24(17)25(30-21)29-19-3-5-20(6-4-19)31-10-12-33-13-11-31/h2-9,14-16,22,27H,10-13H2,1H3,(H,26,28)(H,29,30). The molecule has 3 aromatic rings. The van der Waals surface area contributed by atoms with Crippen LogP contribution in [0.2, 0.25) is 0 Å². The third-order valence-electron chi connectivity index (χ3n) is 5.90. The molecular weight excluding hydrogens is 416 g/mol. The Kier molecular flexibility index (Phi) is 5.91. The molecule has 1 unspecified atom stereocenters. The Labute approximate surface area is 192 Å². The fourth-order valence-electron chi connectivity index (χ4n) is 4.12. The Hall–Kier alpha value is -3.91. The Morgan fingerprint density at radius 1 is 1.15 bits per heavy atom. The predicted octanol–water partition coefficient (Wildman–Crippen LogP) is 3.58. The highest BCUT2D eigenvalue weighted by atomic mass is 16.5. The number of ether oxygens (including phenoxy) is 1. The van der Waals surface area contributed by atoms with Crippen molar-refractivity contribution in [2.75, 3.05) is 48.9 Å². The zero-order valence-corrected chi connectivity index (χ0v) is 18.4. The molecule has 1 atom stereocenters. The lowest BCUT2D eigenvalue weighted by atomic mass is 9.97. The topological polar surface area (TPSA) is 91.4 Å². The number of aldehydes is 1. The molecule has 0 bridgehead atoms. The van der Waals surface area contributed by atoms with Gasteiger partial charge in [0, 0.05) is 48.8 Å². The van der Waals surface area contributed by atoms with Crippen LogP contribution < -0.4 is 20.9 Å². The third-order valence-corrected chi connectivity index (χ3v) is 5.90. The van der Waals surface area contributed by atoms with Gasteiger partial charge in [-0.1, -0.05) is 0 Å². The highest BCUT2D eigenvalue weighted by Crippen LogP contribution is 2.34. The molecule has 33 heavy (non-hydrogen) atoms. The van der Waals surface area contributed by atoms with Crippen LogP contribution in [0.5, 0.6) is 0 Å². The lowest BCUT2D eigenvalue weighted by Gasteiger charge is -2.29. The minimum atomic E-state index is -0.466. The number of nitrogens with zero attached hydrogens (tertiary/aromatic N) is 3. The summed E-state index contributed by atoms with van der Waals surface area (Å²) < 4.78 is 5.45. The molecule has 2 aromatic heterocycles. The number of carbonyl (C=O) groups is 1. The number of nitrogens with one attached hydrogen (secondary N) is 3. The Bertz CT molecular complexity index is 1150. The summed E-state index contributed by atoms with van der Waals surface area (Å²) in [5.41, 5.74) is 5.53. The van der Waals surface area contributed by atoms with Gasteiger partial charge in [0.25, 0.3) is 0 Å². The summed E-state index contributed by atoms with van der Waals surface area (Å²) in [6.07, 6.45) is 6.46. The molecule has 2 aliphatic heterocycles. The van der Waals surface area contributed by atoms with Crippen molar-refractivity contribution in [1.82, 2.24) is 15.3 Å². The van der Waals surface area contributed by atoms with Gasteiger partial charge in [-0.3, -0.25) is 0 Å². The van der Waals surface area contributed by atoms with Gasteiger partial charge in [0.1, 0.15) is 24.0 Å². The van der Waals surface area contributed by atoms with Gasteiger partial charge in [-0.15, -0.1) is 0 Å². The lowest BCUT2D eigenvalue weighted by molar-refractivity contribution is -0.109. The van der Waals surface area contributed by atoms with Crippen LogP contribution in [0.4, 0.5) is 23.0 Å². The largest absolute Gasteiger partial charge is 0.378 e. The zero-order chi connectivity index (χ0) is 22.6. The van der Waals surface area contributed by atoms with Gasteiger partial charge in [0.15, 0.2) is 0 Å². The number of benzene rings is 1. The molecule has 5 rings (SSSR count). The highest BCUT2D eigenvalue weighted by Gasteiger charge is 2.23. The number of carbonyl (C=O) groups excluding carboxylic acids is 1. The molecular formula is C25H26N6O2. The number of hydrogen-bond acceptors (Lipinski definition) is 8. The minimum absolute atomic E-state index is 0.466. The molecule has 2 aliphatic rings. The van der Waals surface area contributed by atoms with E-state index in [2.05, 4.69) is 38.0 Å². The molecule has 3 N–H and O–H groups in total. The highest BCUT2D eigenvalue weighted by molar-refractivity contribution is 5.80. The SMILES string of the molecule is CNc1ccc(-c2cc3c(c(Nc4ccc(N5CCOCC5)cc4)n2)C(C=O)NC=C3)cn1. The van der Waals surface area contributed by atoms with Crippen LogP contribution in [0, 0.1) is 0 Å². The molecule has 168 valence electrons. The van der Waals surface area contributed by atoms with Crippen LogP contribution in [0.25, 0.3) is 17.3 Å². The molecule has 0 saturated carbocycles. The molecule has 0 radical (unpaired) electrons. The second-order valence-electron chi connectivity index (χ2n) is 7.93. The van der Waals surface area contributed by atoms with Crippen LogP contribution in [0.1, 0.15) is 17.2 Å². The summed E-state index contributed by atoms with van der Waals surface area (Å²) in [7, 11) is 1.84. The minimum Gasteiger partial charge on any atom is -0.378 e. The number of pyridine rings is 2. The molecule has 0 amide bonds. The van der Waals surface area contributed by atoms with E-state index in [-0.39, 0.29) is 0 Å². The maximum atomic E-state index is 11.8. The van der Waals surface area contributed by atoms with Crippen LogP contribution in [0.3, 0.4) is 0 Å². The fourth-order valence-corrected chi connectivity index (χ4v) is 4.12. The number of hydrogen-bond donors (Lipinski definition) is 3. The van der Waals surface area contributed by atoms with E-state index in [0.29, 0.717) is 5.82 Å². The summed E-state index contributed by atoms with van der Waals surface area (Å²) in [5.74, 6) is 1.44. The van der Waals surface area contributed by atoms with Gasteiger partial charge < -0.3 is 30.4 Å². The maximum Gasteiger partial charge on any atom is 0.146 e. The number of anilines is 4.